The molecule has 1 aliphatic carbocycles. The Kier molecular flexibility index (Phi) is 8.88. The van der Waals surface area contributed by atoms with Crippen molar-refractivity contribution in [3.05, 3.63) is 29.8 Å². The average molecular weight is 412 g/mol. The molecule has 1 saturated carbocycles. The van der Waals surface area contributed by atoms with Gasteiger partial charge in [-0.05, 0) is 37.1 Å². The van der Waals surface area contributed by atoms with Gasteiger partial charge in [0.1, 0.15) is 0 Å². The summed E-state index contributed by atoms with van der Waals surface area (Å²) in [6.07, 6.45) is 5.27. The van der Waals surface area contributed by atoms with Crippen molar-refractivity contribution in [3.63, 3.8) is 0 Å². The van der Waals surface area contributed by atoms with Gasteiger partial charge in [-0.15, -0.1) is 0 Å². The van der Waals surface area contributed by atoms with Gasteiger partial charge in [-0.1, -0.05) is 19.3 Å². The summed E-state index contributed by atoms with van der Waals surface area (Å²) in [6, 6.07) is 5.69. The van der Waals surface area contributed by atoms with E-state index in [1.165, 1.54) is 37.8 Å². The fraction of sp³-hybridized carbons (Fsp3) is 0.579. The maximum atomic E-state index is 12.2. The van der Waals surface area contributed by atoms with Crippen molar-refractivity contribution in [1.82, 2.24) is 15.4 Å². The van der Waals surface area contributed by atoms with Gasteiger partial charge >= 0.3 is 0 Å². The van der Waals surface area contributed by atoms with Crippen molar-refractivity contribution >= 4 is 21.8 Å². The number of rotatable bonds is 10. The molecule has 3 N–H and O–H groups in total. The van der Waals surface area contributed by atoms with Crippen LogP contribution >= 0.6 is 0 Å². The minimum Gasteiger partial charge on any atom is -0.383 e. The molecule has 9 heteroatoms. The van der Waals surface area contributed by atoms with Gasteiger partial charge in [-0.3, -0.25) is 9.59 Å². The molecule has 0 bridgehead atoms. The number of hydrogen-bond donors (Lipinski definition) is 3. The first-order valence-electron chi connectivity index (χ1n) is 9.58. The summed E-state index contributed by atoms with van der Waals surface area (Å²) >= 11 is 0. The van der Waals surface area contributed by atoms with Crippen molar-refractivity contribution in [2.75, 3.05) is 33.4 Å². The largest absolute Gasteiger partial charge is 0.383 e. The van der Waals surface area contributed by atoms with Gasteiger partial charge in [0, 0.05) is 38.2 Å². The molecule has 1 aliphatic rings. The van der Waals surface area contributed by atoms with E-state index in [1.54, 1.807) is 0 Å². The van der Waals surface area contributed by atoms with Gasteiger partial charge in [0.05, 0.1) is 11.5 Å². The third-order valence-corrected chi connectivity index (χ3v) is 6.19. The van der Waals surface area contributed by atoms with Crippen LogP contribution in [-0.4, -0.2) is 53.6 Å². The smallest absolute Gasteiger partial charge is 0.251 e. The number of carbonyl (C=O) groups excluding carboxylic acids is 2. The van der Waals surface area contributed by atoms with Crippen LogP contribution in [0.2, 0.25) is 0 Å². The summed E-state index contributed by atoms with van der Waals surface area (Å²) in [6.45, 7) is 1.14. The van der Waals surface area contributed by atoms with Crippen LogP contribution in [0.15, 0.2) is 29.2 Å². The van der Waals surface area contributed by atoms with Gasteiger partial charge < -0.3 is 15.4 Å². The molecule has 0 saturated heterocycles. The van der Waals surface area contributed by atoms with E-state index in [1.807, 2.05) is 0 Å². The van der Waals surface area contributed by atoms with Crippen LogP contribution < -0.4 is 15.4 Å². The lowest BCUT2D eigenvalue weighted by molar-refractivity contribution is -0.125. The van der Waals surface area contributed by atoms with E-state index < -0.39 is 10.0 Å². The zero-order valence-electron chi connectivity index (χ0n) is 16.2. The van der Waals surface area contributed by atoms with Gasteiger partial charge in [0.2, 0.25) is 15.9 Å². The fourth-order valence-corrected chi connectivity index (χ4v) is 4.13. The monoisotopic (exact) mass is 411 g/mol. The van der Waals surface area contributed by atoms with Crippen molar-refractivity contribution in [2.24, 2.45) is 5.92 Å². The Labute approximate surface area is 166 Å². The lowest BCUT2D eigenvalue weighted by Crippen LogP contribution is -2.38. The summed E-state index contributed by atoms with van der Waals surface area (Å²) < 4.78 is 31.4. The Hall–Kier alpha value is -1.97. The molecular formula is C19H29N3O5S. The van der Waals surface area contributed by atoms with E-state index in [0.29, 0.717) is 18.7 Å². The first kappa shape index (κ1) is 22.3. The number of amides is 2. The summed E-state index contributed by atoms with van der Waals surface area (Å²) in [7, 11) is -2.14. The second kappa shape index (κ2) is 11.1. The number of carbonyl (C=O) groups is 2. The van der Waals surface area contributed by atoms with Crippen molar-refractivity contribution < 1.29 is 22.7 Å². The van der Waals surface area contributed by atoms with E-state index in [2.05, 4.69) is 15.4 Å². The Morgan fingerprint density at radius 1 is 1.00 bits per heavy atom. The first-order chi connectivity index (χ1) is 13.4. The number of nitrogens with one attached hydrogen (secondary N) is 3. The molecule has 156 valence electrons. The molecule has 1 aromatic rings. The highest BCUT2D eigenvalue weighted by molar-refractivity contribution is 7.89. The number of methoxy groups -OCH3 is 1. The normalized spacial score (nSPS) is 15.2. The number of ether oxygens (including phenoxy) is 1. The maximum Gasteiger partial charge on any atom is 0.251 e. The molecule has 2 amide bonds. The third kappa shape index (κ3) is 6.88. The molecule has 2 rings (SSSR count). The van der Waals surface area contributed by atoms with E-state index in [-0.39, 0.29) is 35.8 Å². The van der Waals surface area contributed by atoms with E-state index >= 15 is 0 Å². The highest BCUT2D eigenvalue weighted by Crippen LogP contribution is 2.23. The van der Waals surface area contributed by atoms with Crippen LogP contribution in [0.3, 0.4) is 0 Å². The van der Waals surface area contributed by atoms with Crippen molar-refractivity contribution in [2.45, 2.75) is 37.0 Å². The summed E-state index contributed by atoms with van der Waals surface area (Å²) in [4.78, 5) is 24.3. The standard InChI is InChI=1S/C19H29N3O5S/c1-27-14-13-22-28(25,26)17-9-7-16(8-10-17)19(24)21-12-11-20-18(23)15-5-3-2-4-6-15/h7-10,15,22H,2-6,11-14H2,1H3,(H,20,23)(H,21,24). The fourth-order valence-electron chi connectivity index (χ4n) is 3.12. The number of hydrogen-bond acceptors (Lipinski definition) is 5. The summed E-state index contributed by atoms with van der Waals surface area (Å²) in [5.41, 5.74) is 0.356. The predicted molar refractivity (Wildman–Crippen MR) is 105 cm³/mol. The Morgan fingerprint density at radius 2 is 1.64 bits per heavy atom. The summed E-state index contributed by atoms with van der Waals surface area (Å²) in [5.74, 6) is -0.163. The molecular weight excluding hydrogens is 382 g/mol. The minimum atomic E-state index is -3.63. The maximum absolute atomic E-state index is 12.2. The number of benzene rings is 1. The Balaban J connectivity index is 1.75. The number of sulfonamides is 1. The predicted octanol–water partition coefficient (Wildman–Crippen LogP) is 1.04. The molecule has 0 aliphatic heterocycles. The second-order valence-corrected chi connectivity index (χ2v) is 8.56. The lowest BCUT2D eigenvalue weighted by Gasteiger charge is -2.20. The lowest BCUT2D eigenvalue weighted by atomic mass is 9.89. The first-order valence-corrected chi connectivity index (χ1v) is 11.1. The van der Waals surface area contributed by atoms with Gasteiger partial charge in [0.25, 0.3) is 5.91 Å². The molecule has 0 atom stereocenters. The van der Waals surface area contributed by atoms with Crippen LogP contribution in [0, 0.1) is 5.92 Å². The second-order valence-electron chi connectivity index (χ2n) is 6.80. The Morgan fingerprint density at radius 3 is 2.29 bits per heavy atom. The minimum absolute atomic E-state index is 0.0597. The SMILES string of the molecule is COCCNS(=O)(=O)c1ccc(C(=O)NCCNC(=O)C2CCCCC2)cc1. The third-order valence-electron chi connectivity index (χ3n) is 4.71. The van der Waals surface area contributed by atoms with Crippen LogP contribution in [0.4, 0.5) is 0 Å². The molecule has 0 heterocycles. The van der Waals surface area contributed by atoms with Gasteiger partial charge in [0.15, 0.2) is 0 Å². The van der Waals surface area contributed by atoms with Crippen molar-refractivity contribution in [1.29, 1.82) is 0 Å². The van der Waals surface area contributed by atoms with Gasteiger partial charge in [-0.25, -0.2) is 13.1 Å². The van der Waals surface area contributed by atoms with Crippen LogP contribution in [-0.2, 0) is 19.6 Å². The molecule has 28 heavy (non-hydrogen) atoms. The zero-order chi connectivity index (χ0) is 20.4. The topological polar surface area (TPSA) is 114 Å². The van der Waals surface area contributed by atoms with Gasteiger partial charge in [-0.2, -0.15) is 0 Å². The highest BCUT2D eigenvalue weighted by atomic mass is 32.2. The Bertz CT molecular complexity index is 743. The molecule has 0 spiro atoms. The zero-order valence-corrected chi connectivity index (χ0v) is 17.0. The molecule has 1 aromatic carbocycles. The average Bonchev–Trinajstić information content (AvgIpc) is 2.71. The quantitative estimate of drug-likeness (QED) is 0.498. The van der Waals surface area contributed by atoms with Crippen molar-refractivity contribution in [3.8, 4) is 0 Å². The molecule has 0 unspecified atom stereocenters. The van der Waals surface area contributed by atoms with Crippen LogP contribution in [0.5, 0.6) is 0 Å². The van der Waals surface area contributed by atoms with E-state index in [4.69, 9.17) is 4.74 Å². The van der Waals surface area contributed by atoms with E-state index in [9.17, 15) is 18.0 Å². The summed E-state index contributed by atoms with van der Waals surface area (Å²) in [5, 5.41) is 5.58. The molecule has 1 fully saturated rings. The highest BCUT2D eigenvalue weighted by Gasteiger charge is 2.20. The molecule has 0 aromatic heterocycles. The molecule has 0 radical (unpaired) electrons. The van der Waals surface area contributed by atoms with E-state index in [0.717, 1.165) is 25.7 Å². The molecule has 8 nitrogen and oxygen atoms in total. The van der Waals surface area contributed by atoms with Crippen LogP contribution in [0.1, 0.15) is 42.5 Å². The van der Waals surface area contributed by atoms with Crippen LogP contribution in [0.25, 0.3) is 0 Å².